The predicted molar refractivity (Wildman–Crippen MR) is 58.5 cm³/mol. The molecule has 102 valence electrons. The molecule has 0 unspecified atom stereocenters. The fraction of sp³-hybridized carbons (Fsp3) is 0.667. The van der Waals surface area contributed by atoms with Gasteiger partial charge < -0.3 is 9.67 Å². The first kappa shape index (κ1) is 14.8. The van der Waals surface area contributed by atoms with E-state index in [1.165, 1.54) is 4.57 Å². The summed E-state index contributed by atoms with van der Waals surface area (Å²) in [5.74, 6) is -1.53. The molecule has 5 nitrogen and oxygen atoms in total. The van der Waals surface area contributed by atoms with Crippen LogP contribution >= 0.6 is 11.8 Å². The Kier molecular flexibility index (Phi) is 4.60. The molecule has 1 aromatic heterocycles. The van der Waals surface area contributed by atoms with Crippen LogP contribution in [-0.4, -0.2) is 37.8 Å². The lowest BCUT2D eigenvalue weighted by Crippen LogP contribution is -2.18. The molecule has 0 aromatic carbocycles. The molecule has 0 aliphatic rings. The normalized spacial score (nSPS) is 12.1. The Labute approximate surface area is 105 Å². The molecular weight excluding hydrogens is 271 g/mol. The van der Waals surface area contributed by atoms with Gasteiger partial charge in [0.05, 0.1) is 5.75 Å². The van der Waals surface area contributed by atoms with E-state index >= 15 is 0 Å². The molecule has 1 N–H and O–H groups in total. The van der Waals surface area contributed by atoms with Crippen molar-refractivity contribution in [2.45, 2.75) is 37.6 Å². The monoisotopic (exact) mass is 283 g/mol. The molecule has 0 atom stereocenters. The summed E-state index contributed by atoms with van der Waals surface area (Å²) in [5, 5.41) is 15.8. The van der Waals surface area contributed by atoms with Gasteiger partial charge in [0, 0.05) is 6.04 Å². The van der Waals surface area contributed by atoms with Gasteiger partial charge in [-0.05, 0) is 13.8 Å². The third-order valence-corrected chi connectivity index (χ3v) is 2.86. The van der Waals surface area contributed by atoms with Gasteiger partial charge in [-0.3, -0.25) is 4.79 Å². The molecule has 9 heteroatoms. The van der Waals surface area contributed by atoms with Crippen LogP contribution in [0.1, 0.15) is 25.7 Å². The molecule has 0 aliphatic carbocycles. The molecule has 1 rings (SSSR count). The van der Waals surface area contributed by atoms with Crippen LogP contribution in [0, 0.1) is 0 Å². The summed E-state index contributed by atoms with van der Waals surface area (Å²) in [7, 11) is 0. The molecule has 0 amide bonds. The Morgan fingerprint density at radius 3 is 2.50 bits per heavy atom. The first-order valence-electron chi connectivity index (χ1n) is 5.06. The third-order valence-electron chi connectivity index (χ3n) is 1.93. The summed E-state index contributed by atoms with van der Waals surface area (Å²) in [6.07, 6.45) is -5.54. The molecule has 1 heterocycles. The van der Waals surface area contributed by atoms with E-state index in [1.54, 1.807) is 13.8 Å². The second-order valence-electron chi connectivity index (χ2n) is 3.84. The van der Waals surface area contributed by atoms with E-state index in [1.807, 2.05) is 0 Å². The molecule has 0 spiro atoms. The number of thioether (sulfide) groups is 1. The summed E-state index contributed by atoms with van der Waals surface area (Å²) in [4.78, 5) is 10.4. The number of halogens is 3. The zero-order chi connectivity index (χ0) is 13.9. The molecule has 0 fully saturated rings. The SMILES string of the molecule is CC(C)n1c(CC(F)(F)F)nnc1SCC(=O)O. The molecule has 0 bridgehead atoms. The number of carbonyl (C=O) groups is 1. The van der Waals surface area contributed by atoms with Crippen LogP contribution in [0.3, 0.4) is 0 Å². The zero-order valence-electron chi connectivity index (χ0n) is 9.73. The van der Waals surface area contributed by atoms with E-state index < -0.39 is 18.6 Å². The second-order valence-corrected chi connectivity index (χ2v) is 4.78. The van der Waals surface area contributed by atoms with Crippen LogP contribution in [0.5, 0.6) is 0 Å². The molecule has 0 saturated heterocycles. The van der Waals surface area contributed by atoms with E-state index in [0.717, 1.165) is 11.8 Å². The van der Waals surface area contributed by atoms with Gasteiger partial charge in [-0.1, -0.05) is 11.8 Å². The summed E-state index contributed by atoms with van der Waals surface area (Å²) in [5.41, 5.74) is 0. The van der Waals surface area contributed by atoms with E-state index in [2.05, 4.69) is 10.2 Å². The van der Waals surface area contributed by atoms with Crippen LogP contribution in [0.25, 0.3) is 0 Å². The maximum Gasteiger partial charge on any atom is 0.396 e. The average Bonchev–Trinajstić information content (AvgIpc) is 2.55. The second kappa shape index (κ2) is 5.59. The standard InChI is InChI=1S/C9H12F3N3O2S/c1-5(2)15-6(3-9(10,11)12)13-14-8(15)18-4-7(16)17/h5H,3-4H2,1-2H3,(H,16,17). The largest absolute Gasteiger partial charge is 0.481 e. The Hall–Kier alpha value is -1.25. The summed E-state index contributed by atoms with van der Waals surface area (Å²) in [6, 6.07) is -0.270. The van der Waals surface area contributed by atoms with Crippen molar-refractivity contribution in [1.29, 1.82) is 0 Å². The van der Waals surface area contributed by atoms with Gasteiger partial charge in [0.25, 0.3) is 0 Å². The summed E-state index contributed by atoms with van der Waals surface area (Å²) in [6.45, 7) is 3.38. The van der Waals surface area contributed by atoms with Gasteiger partial charge in [0.2, 0.25) is 0 Å². The lowest BCUT2D eigenvalue weighted by Gasteiger charge is -2.14. The summed E-state index contributed by atoms with van der Waals surface area (Å²) >= 11 is 0.853. The maximum atomic E-state index is 12.3. The minimum absolute atomic E-state index is 0.187. The lowest BCUT2D eigenvalue weighted by molar-refractivity contribution is -0.134. The predicted octanol–water partition coefficient (Wildman–Crippen LogP) is 2.14. The van der Waals surface area contributed by atoms with E-state index in [4.69, 9.17) is 5.11 Å². The minimum atomic E-state index is -4.37. The number of aromatic nitrogens is 3. The third kappa shape index (κ3) is 4.21. The Balaban J connectivity index is 2.96. The first-order chi connectivity index (χ1) is 8.20. The van der Waals surface area contributed by atoms with Crippen LogP contribution in [0.2, 0.25) is 0 Å². The average molecular weight is 283 g/mol. The first-order valence-corrected chi connectivity index (χ1v) is 6.04. The van der Waals surface area contributed by atoms with Crippen molar-refractivity contribution in [3.8, 4) is 0 Å². The highest BCUT2D eigenvalue weighted by Crippen LogP contribution is 2.26. The van der Waals surface area contributed by atoms with E-state index in [9.17, 15) is 18.0 Å². The van der Waals surface area contributed by atoms with Crippen LogP contribution in [0.15, 0.2) is 5.16 Å². The molecular formula is C9H12F3N3O2S. The van der Waals surface area contributed by atoms with E-state index in [0.29, 0.717) is 0 Å². The van der Waals surface area contributed by atoms with Crippen molar-refractivity contribution >= 4 is 17.7 Å². The van der Waals surface area contributed by atoms with Crippen molar-refractivity contribution in [2.75, 3.05) is 5.75 Å². The van der Waals surface area contributed by atoms with Gasteiger partial charge in [-0.2, -0.15) is 13.2 Å². The molecule has 0 radical (unpaired) electrons. The highest BCUT2D eigenvalue weighted by atomic mass is 32.2. The van der Waals surface area contributed by atoms with Gasteiger partial charge in [-0.25, -0.2) is 0 Å². The minimum Gasteiger partial charge on any atom is -0.481 e. The molecule has 1 aromatic rings. The fourth-order valence-corrected chi connectivity index (χ4v) is 2.16. The Morgan fingerprint density at radius 2 is 2.06 bits per heavy atom. The highest BCUT2D eigenvalue weighted by molar-refractivity contribution is 7.99. The van der Waals surface area contributed by atoms with Crippen molar-refractivity contribution in [2.24, 2.45) is 0 Å². The van der Waals surface area contributed by atoms with Crippen molar-refractivity contribution < 1.29 is 23.1 Å². The van der Waals surface area contributed by atoms with Crippen LogP contribution < -0.4 is 0 Å². The number of hydrogen-bond donors (Lipinski definition) is 1. The molecule has 18 heavy (non-hydrogen) atoms. The van der Waals surface area contributed by atoms with Crippen molar-refractivity contribution in [3.63, 3.8) is 0 Å². The highest BCUT2D eigenvalue weighted by Gasteiger charge is 2.32. The number of alkyl halides is 3. The van der Waals surface area contributed by atoms with Crippen LogP contribution in [0.4, 0.5) is 13.2 Å². The Bertz CT molecular complexity index is 431. The smallest absolute Gasteiger partial charge is 0.396 e. The number of nitrogens with zero attached hydrogens (tertiary/aromatic N) is 3. The van der Waals surface area contributed by atoms with Crippen molar-refractivity contribution in [1.82, 2.24) is 14.8 Å². The van der Waals surface area contributed by atoms with Gasteiger partial charge >= 0.3 is 12.1 Å². The topological polar surface area (TPSA) is 68.0 Å². The van der Waals surface area contributed by atoms with Gasteiger partial charge in [0.15, 0.2) is 5.16 Å². The number of rotatable bonds is 5. The number of hydrogen-bond acceptors (Lipinski definition) is 4. The van der Waals surface area contributed by atoms with Gasteiger partial charge in [-0.15, -0.1) is 10.2 Å². The number of aliphatic carboxylic acids is 1. The van der Waals surface area contributed by atoms with Crippen LogP contribution in [-0.2, 0) is 11.2 Å². The maximum absolute atomic E-state index is 12.3. The van der Waals surface area contributed by atoms with E-state index in [-0.39, 0.29) is 22.8 Å². The fourth-order valence-electron chi connectivity index (χ4n) is 1.35. The van der Waals surface area contributed by atoms with Crippen molar-refractivity contribution in [3.05, 3.63) is 5.82 Å². The number of carboxylic acid groups (broad SMARTS) is 1. The molecule has 0 aliphatic heterocycles. The lowest BCUT2D eigenvalue weighted by atomic mass is 10.3. The number of carboxylic acids is 1. The summed E-state index contributed by atoms with van der Waals surface area (Å²) < 4.78 is 38.3. The Morgan fingerprint density at radius 1 is 1.44 bits per heavy atom. The van der Waals surface area contributed by atoms with Gasteiger partial charge in [0.1, 0.15) is 12.2 Å². The molecule has 0 saturated carbocycles. The quantitative estimate of drug-likeness (QED) is 0.838. The zero-order valence-corrected chi connectivity index (χ0v) is 10.5.